The monoisotopic (exact) mass is 260 g/mol. The summed E-state index contributed by atoms with van der Waals surface area (Å²) in [6.07, 6.45) is 0.937. The Morgan fingerprint density at radius 2 is 2.39 bits per heavy atom. The molecule has 4 nitrogen and oxygen atoms in total. The number of nitrogens with two attached hydrogens (primary N) is 1. The van der Waals surface area contributed by atoms with Gasteiger partial charge < -0.3 is 10.1 Å². The van der Waals surface area contributed by atoms with Crippen molar-refractivity contribution >= 4 is 17.2 Å². The number of amides is 1. The second-order valence-corrected chi connectivity index (χ2v) is 4.89. The van der Waals surface area contributed by atoms with Crippen LogP contribution in [0, 0.1) is 7.05 Å². The predicted molar refractivity (Wildman–Crippen MR) is 68.4 cm³/mol. The zero-order valence-electron chi connectivity index (χ0n) is 9.68. The fourth-order valence-electron chi connectivity index (χ4n) is 1.94. The first-order valence-corrected chi connectivity index (χ1v) is 6.54. The molecule has 1 aromatic heterocycles. The highest BCUT2D eigenvalue weighted by Gasteiger charge is 2.15. The van der Waals surface area contributed by atoms with Crippen LogP contribution in [0.1, 0.15) is 16.1 Å². The van der Waals surface area contributed by atoms with Gasteiger partial charge in [0, 0.05) is 17.4 Å². The first-order chi connectivity index (χ1) is 8.78. The molecule has 0 fully saturated rings. The molecular weight excluding hydrogens is 248 g/mol. The van der Waals surface area contributed by atoms with Gasteiger partial charge in [0.05, 0.1) is 6.61 Å². The minimum Gasteiger partial charge on any atom is -0.493 e. The number of fused-ring (bicyclic) bond motifs is 1. The lowest BCUT2D eigenvalue weighted by Gasteiger charge is -2.00. The van der Waals surface area contributed by atoms with Crippen LogP contribution in [0.4, 0.5) is 0 Å². The second-order valence-electron chi connectivity index (χ2n) is 4.03. The Bertz CT molecular complexity index is 607. The molecule has 0 aliphatic carbocycles. The van der Waals surface area contributed by atoms with Crippen molar-refractivity contribution in [3.63, 3.8) is 0 Å². The van der Waals surface area contributed by atoms with Crippen LogP contribution < -0.4 is 10.1 Å². The Labute approximate surface area is 109 Å². The van der Waals surface area contributed by atoms with Gasteiger partial charge in [-0.1, -0.05) is 0 Å². The van der Waals surface area contributed by atoms with Gasteiger partial charge in [-0.25, -0.2) is 9.78 Å². The Morgan fingerprint density at radius 1 is 1.50 bits per heavy atom. The van der Waals surface area contributed by atoms with Crippen molar-refractivity contribution in [2.24, 2.45) is 0 Å². The summed E-state index contributed by atoms with van der Waals surface area (Å²) in [5, 5.41) is 3.91. The number of benzene rings is 1. The lowest BCUT2D eigenvalue weighted by atomic mass is 10.1. The van der Waals surface area contributed by atoms with Crippen molar-refractivity contribution in [1.82, 2.24) is 4.98 Å². The maximum Gasteiger partial charge on any atom is 0.336 e. The van der Waals surface area contributed by atoms with Crippen LogP contribution in [-0.4, -0.2) is 17.5 Å². The lowest BCUT2D eigenvalue weighted by molar-refractivity contribution is -0.489. The Kier molecular flexibility index (Phi) is 2.85. The third kappa shape index (κ3) is 1.91. The number of primary amides is 1. The summed E-state index contributed by atoms with van der Waals surface area (Å²) < 4.78 is 5.47. The van der Waals surface area contributed by atoms with Crippen LogP contribution in [0.5, 0.6) is 5.75 Å². The van der Waals surface area contributed by atoms with E-state index < -0.39 is 0 Å². The molecule has 1 aliphatic rings. The first kappa shape index (κ1) is 11.4. The molecule has 1 amide bonds. The maximum absolute atomic E-state index is 11.5. The van der Waals surface area contributed by atoms with Crippen LogP contribution >= 0.6 is 11.3 Å². The van der Waals surface area contributed by atoms with E-state index in [1.54, 1.807) is 5.38 Å². The van der Waals surface area contributed by atoms with Crippen LogP contribution in [0.15, 0.2) is 23.6 Å². The van der Waals surface area contributed by atoms with Gasteiger partial charge in [-0.2, -0.15) is 0 Å². The number of nitrogens with zero attached hydrogens (tertiary/aromatic N) is 1. The average molecular weight is 260 g/mol. The van der Waals surface area contributed by atoms with Gasteiger partial charge in [0.1, 0.15) is 10.8 Å². The highest BCUT2D eigenvalue weighted by Crippen LogP contribution is 2.31. The zero-order valence-corrected chi connectivity index (χ0v) is 10.5. The number of carbonyl (C=O) groups excluding carboxylic acids is 1. The van der Waals surface area contributed by atoms with Gasteiger partial charge in [-0.3, -0.25) is 0 Å². The smallest absolute Gasteiger partial charge is 0.336 e. The fourth-order valence-corrected chi connectivity index (χ4v) is 2.75. The van der Waals surface area contributed by atoms with E-state index in [0.29, 0.717) is 5.69 Å². The van der Waals surface area contributed by atoms with Gasteiger partial charge in [-0.05, 0) is 23.8 Å². The molecule has 92 valence electrons. The molecular formula is C13H12N2O2S. The molecule has 0 atom stereocenters. The van der Waals surface area contributed by atoms with Crippen LogP contribution in [0.2, 0.25) is 0 Å². The molecule has 5 heteroatoms. The lowest BCUT2D eigenvalue weighted by Crippen LogP contribution is -2.81. The molecule has 2 N–H and O–H groups in total. The molecule has 2 aromatic rings. The second kappa shape index (κ2) is 4.51. The molecule has 1 aliphatic heterocycles. The largest absolute Gasteiger partial charge is 0.493 e. The average Bonchev–Trinajstić information content (AvgIpc) is 3.05. The summed E-state index contributed by atoms with van der Waals surface area (Å²) in [5.74, 6) is 0.819. The number of hydrogen-bond donors (Lipinski definition) is 1. The number of quaternary nitrogens is 1. The molecule has 3 rings (SSSR count). The van der Waals surface area contributed by atoms with E-state index in [1.165, 1.54) is 22.2 Å². The molecule has 1 aromatic carbocycles. The van der Waals surface area contributed by atoms with Gasteiger partial charge in [-0.15, -0.1) is 18.4 Å². The van der Waals surface area contributed by atoms with Gasteiger partial charge in [0.2, 0.25) is 0 Å². The number of hydrogen-bond acceptors (Lipinski definition) is 4. The van der Waals surface area contributed by atoms with Crippen molar-refractivity contribution in [2.45, 2.75) is 6.42 Å². The highest BCUT2D eigenvalue weighted by atomic mass is 32.1. The number of ether oxygens (including phenoxy) is 1. The standard InChI is InChI=1S/C13H12N2O2S/c1-14-12(16)10-7-18-13(15-10)9-2-3-11-8(6-9)4-5-17-11/h2-3,6-7H,1,4-5,14H2. The molecule has 0 saturated heterocycles. The number of thiazole rings is 1. The Balaban J connectivity index is 1.95. The Hall–Kier alpha value is -1.72. The normalized spacial score (nSPS) is 13.2. The molecule has 0 spiro atoms. The van der Waals surface area contributed by atoms with E-state index in [9.17, 15) is 4.79 Å². The quantitative estimate of drug-likeness (QED) is 0.827. The van der Waals surface area contributed by atoms with E-state index in [4.69, 9.17) is 4.74 Å². The summed E-state index contributed by atoms with van der Waals surface area (Å²) in [6, 6.07) is 6.03. The molecule has 0 unspecified atom stereocenters. The van der Waals surface area contributed by atoms with Gasteiger partial charge >= 0.3 is 5.91 Å². The van der Waals surface area contributed by atoms with Crippen molar-refractivity contribution in [2.75, 3.05) is 6.61 Å². The number of aromatic nitrogens is 1. The molecule has 0 bridgehead atoms. The summed E-state index contributed by atoms with van der Waals surface area (Å²) in [6.45, 7) is 0.747. The summed E-state index contributed by atoms with van der Waals surface area (Å²) >= 11 is 1.47. The molecule has 0 saturated carbocycles. The van der Waals surface area contributed by atoms with E-state index >= 15 is 0 Å². The summed E-state index contributed by atoms with van der Waals surface area (Å²) in [7, 11) is 3.46. The third-order valence-corrected chi connectivity index (χ3v) is 3.77. The molecule has 18 heavy (non-hydrogen) atoms. The molecule has 2 heterocycles. The van der Waals surface area contributed by atoms with Crippen LogP contribution in [0.25, 0.3) is 10.6 Å². The van der Waals surface area contributed by atoms with Crippen LogP contribution in [0.3, 0.4) is 0 Å². The van der Waals surface area contributed by atoms with Crippen molar-refractivity contribution in [3.8, 4) is 16.3 Å². The minimum absolute atomic E-state index is 0.137. The topological polar surface area (TPSA) is 55.8 Å². The van der Waals surface area contributed by atoms with E-state index in [2.05, 4.69) is 18.1 Å². The van der Waals surface area contributed by atoms with Gasteiger partial charge in [0.25, 0.3) is 0 Å². The van der Waals surface area contributed by atoms with Crippen molar-refractivity contribution in [3.05, 3.63) is 41.9 Å². The molecule has 0 radical (unpaired) electrons. The zero-order chi connectivity index (χ0) is 12.5. The number of rotatable bonds is 2. The van der Waals surface area contributed by atoms with Crippen LogP contribution in [-0.2, 0) is 6.42 Å². The first-order valence-electron chi connectivity index (χ1n) is 5.66. The maximum atomic E-state index is 11.5. The predicted octanol–water partition coefficient (Wildman–Crippen LogP) is 1.24. The van der Waals surface area contributed by atoms with Crippen molar-refractivity contribution in [1.29, 1.82) is 0 Å². The van der Waals surface area contributed by atoms with E-state index in [0.717, 1.165) is 29.3 Å². The summed E-state index contributed by atoms with van der Waals surface area (Å²) in [4.78, 5) is 15.8. The van der Waals surface area contributed by atoms with Gasteiger partial charge in [0.15, 0.2) is 5.69 Å². The van der Waals surface area contributed by atoms with E-state index in [-0.39, 0.29) is 5.91 Å². The third-order valence-electron chi connectivity index (χ3n) is 2.88. The highest BCUT2D eigenvalue weighted by molar-refractivity contribution is 7.13. The number of carbonyl (C=O) groups is 1. The minimum atomic E-state index is -0.137. The Morgan fingerprint density at radius 3 is 3.22 bits per heavy atom. The fraction of sp³-hybridized carbons (Fsp3) is 0.154. The van der Waals surface area contributed by atoms with E-state index in [1.807, 2.05) is 12.1 Å². The van der Waals surface area contributed by atoms with Crippen molar-refractivity contribution < 1.29 is 14.8 Å². The summed E-state index contributed by atoms with van der Waals surface area (Å²) in [5.41, 5.74) is 2.70. The SMILES string of the molecule is [CH2-][NH2+]C(=O)c1csc(-c2ccc3c(c2)CCO3)n1.